The first-order valence-electron chi connectivity index (χ1n) is 10.5. The Bertz CT molecular complexity index is 772. The van der Waals surface area contributed by atoms with E-state index < -0.39 is 0 Å². The van der Waals surface area contributed by atoms with Gasteiger partial charge in [-0.25, -0.2) is 0 Å². The van der Waals surface area contributed by atoms with Gasteiger partial charge in [0.25, 0.3) is 5.91 Å². The molecule has 1 amide bonds. The summed E-state index contributed by atoms with van der Waals surface area (Å²) in [6, 6.07) is 16.0. The fourth-order valence-corrected chi connectivity index (χ4v) is 5.84. The standard InChI is InChI=1S/C23H29N3O/c27-23(20-9-6-11-24-20)25-15-18-14-19(16-25)22(13-17-7-2-1-3-8-17)26-12-5-4-10-21(18)26/h1-3,6-9,11,18-19,21-22,24H,4-5,10,12-16H2/t18-,19+,21+,22+/m1/s1. The van der Waals surface area contributed by atoms with Crippen LogP contribution in [0.1, 0.15) is 41.7 Å². The van der Waals surface area contributed by atoms with Crippen LogP contribution in [0.4, 0.5) is 0 Å². The van der Waals surface area contributed by atoms with Gasteiger partial charge in [-0.3, -0.25) is 9.69 Å². The molecular weight excluding hydrogens is 334 g/mol. The summed E-state index contributed by atoms with van der Waals surface area (Å²) in [6.45, 7) is 3.06. The number of aromatic nitrogens is 1. The van der Waals surface area contributed by atoms with Gasteiger partial charge in [0.1, 0.15) is 5.69 Å². The van der Waals surface area contributed by atoms with Gasteiger partial charge in [-0.05, 0) is 61.8 Å². The minimum absolute atomic E-state index is 0.178. The number of benzene rings is 1. The third kappa shape index (κ3) is 3.20. The number of likely N-dealkylation sites (tertiary alicyclic amines) is 1. The number of hydrogen-bond acceptors (Lipinski definition) is 2. The molecule has 1 aromatic carbocycles. The fourth-order valence-electron chi connectivity index (χ4n) is 5.84. The van der Waals surface area contributed by atoms with Crippen LogP contribution in [0.5, 0.6) is 0 Å². The second-order valence-corrected chi connectivity index (χ2v) is 8.61. The summed E-state index contributed by atoms with van der Waals surface area (Å²) in [5.41, 5.74) is 2.16. The Morgan fingerprint density at radius 3 is 2.70 bits per heavy atom. The maximum absolute atomic E-state index is 13.0. The molecule has 4 heteroatoms. The third-order valence-electron chi connectivity index (χ3n) is 7.03. The van der Waals surface area contributed by atoms with Crippen LogP contribution < -0.4 is 0 Å². The third-order valence-corrected chi connectivity index (χ3v) is 7.03. The van der Waals surface area contributed by atoms with E-state index in [0.717, 1.165) is 25.2 Å². The largest absolute Gasteiger partial charge is 0.357 e. The molecule has 0 saturated carbocycles. The number of carbonyl (C=O) groups excluding carboxylic acids is 1. The smallest absolute Gasteiger partial charge is 0.270 e. The van der Waals surface area contributed by atoms with Crippen molar-refractivity contribution in [3.8, 4) is 0 Å². The molecule has 4 nitrogen and oxygen atoms in total. The van der Waals surface area contributed by atoms with Gasteiger partial charge in [0.2, 0.25) is 0 Å². The van der Waals surface area contributed by atoms with Crippen molar-refractivity contribution in [3.63, 3.8) is 0 Å². The van der Waals surface area contributed by atoms with Crippen molar-refractivity contribution in [2.45, 2.75) is 44.2 Å². The molecule has 3 saturated heterocycles. The summed E-state index contributed by atoms with van der Waals surface area (Å²) in [4.78, 5) is 21.1. The molecule has 0 spiro atoms. The number of hydrogen-bond donors (Lipinski definition) is 1. The number of amides is 1. The van der Waals surface area contributed by atoms with Crippen molar-refractivity contribution in [3.05, 3.63) is 59.9 Å². The lowest BCUT2D eigenvalue weighted by molar-refractivity contribution is -0.0643. The molecule has 2 bridgehead atoms. The van der Waals surface area contributed by atoms with E-state index in [0.29, 0.717) is 23.9 Å². The SMILES string of the molecule is O=C(c1ccc[nH]1)N1C[C@H]2C[C@@H](C1)[C@H](Cc1ccccc1)N1CCCC[C@@H]21. The number of carbonyl (C=O) groups is 1. The quantitative estimate of drug-likeness (QED) is 0.905. The van der Waals surface area contributed by atoms with Gasteiger partial charge in [-0.15, -0.1) is 0 Å². The van der Waals surface area contributed by atoms with Crippen LogP contribution in [-0.4, -0.2) is 52.4 Å². The maximum Gasteiger partial charge on any atom is 0.270 e. The number of H-pyrrole nitrogens is 1. The lowest BCUT2D eigenvalue weighted by atomic mass is 9.71. The summed E-state index contributed by atoms with van der Waals surface area (Å²) >= 11 is 0. The predicted molar refractivity (Wildman–Crippen MR) is 107 cm³/mol. The number of fused-ring (bicyclic) bond motifs is 4. The van der Waals surface area contributed by atoms with Gasteiger partial charge in [0.05, 0.1) is 0 Å². The zero-order chi connectivity index (χ0) is 18.2. The molecule has 27 heavy (non-hydrogen) atoms. The summed E-state index contributed by atoms with van der Waals surface area (Å²) in [7, 11) is 0. The number of piperidine rings is 3. The van der Waals surface area contributed by atoms with Gasteiger partial charge >= 0.3 is 0 Å². The fraction of sp³-hybridized carbons (Fsp3) is 0.522. The molecule has 3 aliphatic heterocycles. The number of aromatic amines is 1. The highest BCUT2D eigenvalue weighted by Gasteiger charge is 2.47. The summed E-state index contributed by atoms with van der Waals surface area (Å²) < 4.78 is 0. The van der Waals surface area contributed by atoms with E-state index in [-0.39, 0.29) is 5.91 Å². The van der Waals surface area contributed by atoms with Crippen LogP contribution in [0, 0.1) is 11.8 Å². The van der Waals surface area contributed by atoms with E-state index in [1.165, 1.54) is 37.8 Å². The Morgan fingerprint density at radius 2 is 1.89 bits per heavy atom. The maximum atomic E-state index is 13.0. The highest BCUT2D eigenvalue weighted by molar-refractivity contribution is 5.92. The van der Waals surface area contributed by atoms with Crippen molar-refractivity contribution in [1.29, 1.82) is 0 Å². The van der Waals surface area contributed by atoms with E-state index >= 15 is 0 Å². The van der Waals surface area contributed by atoms with Gasteiger partial charge in [-0.2, -0.15) is 0 Å². The predicted octanol–water partition coefficient (Wildman–Crippen LogP) is 3.57. The second kappa shape index (κ2) is 7.16. The van der Waals surface area contributed by atoms with E-state index in [1.807, 2.05) is 18.3 Å². The molecule has 142 valence electrons. The molecule has 0 unspecified atom stereocenters. The van der Waals surface area contributed by atoms with E-state index in [9.17, 15) is 4.79 Å². The number of nitrogens with one attached hydrogen (secondary N) is 1. The topological polar surface area (TPSA) is 39.3 Å². The number of nitrogens with zero attached hydrogens (tertiary/aromatic N) is 2. The minimum atomic E-state index is 0.178. The van der Waals surface area contributed by atoms with E-state index in [1.54, 1.807) is 0 Å². The second-order valence-electron chi connectivity index (χ2n) is 8.61. The molecule has 1 N–H and O–H groups in total. The summed E-state index contributed by atoms with van der Waals surface area (Å²) in [5.74, 6) is 1.39. The Balaban J connectivity index is 1.41. The van der Waals surface area contributed by atoms with Crippen LogP contribution in [-0.2, 0) is 6.42 Å². The summed E-state index contributed by atoms with van der Waals surface area (Å²) in [5, 5.41) is 0. The molecule has 3 aliphatic rings. The van der Waals surface area contributed by atoms with Gasteiger partial charge < -0.3 is 9.88 Å². The molecule has 1 aromatic heterocycles. The summed E-state index contributed by atoms with van der Waals surface area (Å²) in [6.07, 6.45) is 8.20. The Kier molecular flexibility index (Phi) is 4.52. The first kappa shape index (κ1) is 17.1. The average Bonchev–Trinajstić information content (AvgIpc) is 3.26. The van der Waals surface area contributed by atoms with Crippen molar-refractivity contribution < 1.29 is 4.79 Å². The molecule has 3 fully saturated rings. The van der Waals surface area contributed by atoms with Crippen molar-refractivity contribution >= 4 is 5.91 Å². The van der Waals surface area contributed by atoms with Gasteiger partial charge in [0, 0.05) is 31.4 Å². The van der Waals surface area contributed by atoms with Crippen LogP contribution in [0.15, 0.2) is 48.7 Å². The van der Waals surface area contributed by atoms with E-state index in [2.05, 4.69) is 45.1 Å². The zero-order valence-corrected chi connectivity index (χ0v) is 15.9. The Labute approximate surface area is 161 Å². The normalized spacial score (nSPS) is 30.7. The highest BCUT2D eigenvalue weighted by atomic mass is 16.2. The first-order chi connectivity index (χ1) is 13.3. The molecule has 4 atom stereocenters. The minimum Gasteiger partial charge on any atom is -0.357 e. The molecule has 0 radical (unpaired) electrons. The Morgan fingerprint density at radius 1 is 1.04 bits per heavy atom. The molecule has 0 aliphatic carbocycles. The van der Waals surface area contributed by atoms with Crippen LogP contribution in [0.2, 0.25) is 0 Å². The average molecular weight is 364 g/mol. The van der Waals surface area contributed by atoms with Crippen molar-refractivity contribution in [1.82, 2.24) is 14.8 Å². The van der Waals surface area contributed by atoms with Crippen molar-refractivity contribution in [2.75, 3.05) is 19.6 Å². The van der Waals surface area contributed by atoms with Crippen LogP contribution in [0.3, 0.4) is 0 Å². The van der Waals surface area contributed by atoms with Crippen LogP contribution in [0.25, 0.3) is 0 Å². The monoisotopic (exact) mass is 363 g/mol. The lowest BCUT2D eigenvalue weighted by Crippen LogP contribution is -2.64. The van der Waals surface area contributed by atoms with E-state index in [4.69, 9.17) is 0 Å². The zero-order valence-electron chi connectivity index (χ0n) is 15.9. The van der Waals surface area contributed by atoms with Gasteiger partial charge in [0.15, 0.2) is 0 Å². The molecule has 5 rings (SSSR count). The Hall–Kier alpha value is -2.07. The number of rotatable bonds is 3. The van der Waals surface area contributed by atoms with Crippen molar-refractivity contribution in [2.24, 2.45) is 11.8 Å². The lowest BCUT2D eigenvalue weighted by Gasteiger charge is -2.57. The molecule has 4 heterocycles. The van der Waals surface area contributed by atoms with Gasteiger partial charge in [-0.1, -0.05) is 36.8 Å². The molecular formula is C23H29N3O. The molecule has 2 aromatic rings. The first-order valence-corrected chi connectivity index (χ1v) is 10.5. The van der Waals surface area contributed by atoms with Crippen LogP contribution >= 0.6 is 0 Å². The highest BCUT2D eigenvalue weighted by Crippen LogP contribution is 2.42.